The van der Waals surface area contributed by atoms with Crippen LogP contribution in [0.4, 0.5) is 0 Å². The lowest BCUT2D eigenvalue weighted by Gasteiger charge is -2.11. The fourth-order valence-corrected chi connectivity index (χ4v) is 1.87. The Labute approximate surface area is 95.5 Å². The molecule has 4 nitrogen and oxygen atoms in total. The molecule has 0 radical (unpaired) electrons. The maximum atomic E-state index is 5.51. The fourth-order valence-electron chi connectivity index (χ4n) is 1.87. The van der Waals surface area contributed by atoms with Crippen molar-refractivity contribution in [2.45, 2.75) is 18.9 Å². The van der Waals surface area contributed by atoms with E-state index in [1.54, 1.807) is 7.11 Å². The molecule has 0 saturated carbocycles. The summed E-state index contributed by atoms with van der Waals surface area (Å²) in [5, 5.41) is 4.28. The van der Waals surface area contributed by atoms with Gasteiger partial charge in [-0.3, -0.25) is 0 Å². The minimum atomic E-state index is 0.261. The molecule has 2 rings (SSSR count). The van der Waals surface area contributed by atoms with E-state index in [-0.39, 0.29) is 6.04 Å². The van der Waals surface area contributed by atoms with E-state index in [0.29, 0.717) is 6.54 Å². The van der Waals surface area contributed by atoms with E-state index in [0.717, 1.165) is 24.3 Å². The molecule has 0 aromatic heterocycles. The van der Waals surface area contributed by atoms with Gasteiger partial charge in [0.2, 0.25) is 0 Å². The summed E-state index contributed by atoms with van der Waals surface area (Å²) in [7, 11) is 1.68. The highest BCUT2D eigenvalue weighted by Gasteiger charge is 2.19. The minimum absolute atomic E-state index is 0.261. The van der Waals surface area contributed by atoms with Crippen LogP contribution >= 0.6 is 0 Å². The lowest BCUT2D eigenvalue weighted by Crippen LogP contribution is -2.10. The van der Waals surface area contributed by atoms with Gasteiger partial charge in [-0.05, 0) is 30.7 Å². The largest absolute Gasteiger partial charge is 0.497 e. The van der Waals surface area contributed by atoms with Gasteiger partial charge in [0.1, 0.15) is 5.75 Å². The maximum Gasteiger partial charge on any atom is 0.119 e. The molecule has 1 unspecified atom stereocenters. The van der Waals surface area contributed by atoms with Crippen molar-refractivity contribution < 1.29 is 4.74 Å². The Bertz CT molecular complexity index is 390. The van der Waals surface area contributed by atoms with Crippen molar-refractivity contribution in [1.82, 2.24) is 5.43 Å². The second-order valence-electron chi connectivity index (χ2n) is 3.88. The highest BCUT2D eigenvalue weighted by atomic mass is 16.5. The van der Waals surface area contributed by atoms with Gasteiger partial charge in [-0.2, -0.15) is 5.10 Å². The van der Waals surface area contributed by atoms with Crippen LogP contribution in [-0.2, 0) is 0 Å². The van der Waals surface area contributed by atoms with Gasteiger partial charge in [0.15, 0.2) is 0 Å². The topological polar surface area (TPSA) is 59.6 Å². The number of hydrogen-bond donors (Lipinski definition) is 2. The normalized spacial score (nSPS) is 19.1. The smallest absolute Gasteiger partial charge is 0.119 e. The fraction of sp³-hybridized carbons (Fsp3) is 0.417. The Morgan fingerprint density at radius 2 is 2.44 bits per heavy atom. The lowest BCUT2D eigenvalue weighted by atomic mass is 10.0. The third-order valence-electron chi connectivity index (χ3n) is 2.75. The molecule has 0 bridgehead atoms. The average Bonchev–Trinajstić information content (AvgIpc) is 2.78. The summed E-state index contributed by atoms with van der Waals surface area (Å²) in [6.07, 6.45) is 1.80. The number of methoxy groups -OCH3 is 1. The first-order valence-corrected chi connectivity index (χ1v) is 5.48. The van der Waals surface area contributed by atoms with Gasteiger partial charge in [-0.15, -0.1) is 0 Å². The van der Waals surface area contributed by atoms with E-state index in [1.807, 2.05) is 18.2 Å². The third-order valence-corrected chi connectivity index (χ3v) is 2.75. The van der Waals surface area contributed by atoms with Gasteiger partial charge < -0.3 is 15.9 Å². The van der Waals surface area contributed by atoms with Crippen LogP contribution < -0.4 is 15.9 Å². The van der Waals surface area contributed by atoms with Gasteiger partial charge in [-0.25, -0.2) is 0 Å². The maximum absolute atomic E-state index is 5.51. The average molecular weight is 219 g/mol. The Hall–Kier alpha value is -1.55. The number of nitrogens with one attached hydrogen (secondary N) is 1. The molecule has 0 fully saturated rings. The van der Waals surface area contributed by atoms with Crippen molar-refractivity contribution in [3.63, 3.8) is 0 Å². The number of nitrogens with zero attached hydrogens (tertiary/aromatic N) is 1. The van der Waals surface area contributed by atoms with Crippen LogP contribution in [0.5, 0.6) is 5.75 Å². The molecule has 1 heterocycles. The zero-order valence-electron chi connectivity index (χ0n) is 9.44. The molecule has 4 heteroatoms. The summed E-state index contributed by atoms with van der Waals surface area (Å²) in [5.41, 5.74) is 11.0. The predicted octanol–water partition coefficient (Wildman–Crippen LogP) is 1.43. The quantitative estimate of drug-likeness (QED) is 0.805. The van der Waals surface area contributed by atoms with Crippen molar-refractivity contribution in [3.05, 3.63) is 29.8 Å². The Kier molecular flexibility index (Phi) is 3.41. The number of hydrazone groups is 1. The SMILES string of the molecule is COc1cccc(C2CC(CCN)=NN2)c1. The Balaban J connectivity index is 2.04. The minimum Gasteiger partial charge on any atom is -0.497 e. The van der Waals surface area contributed by atoms with E-state index in [1.165, 1.54) is 5.56 Å². The predicted molar refractivity (Wildman–Crippen MR) is 64.6 cm³/mol. The second kappa shape index (κ2) is 4.99. The van der Waals surface area contributed by atoms with Gasteiger partial charge in [0.25, 0.3) is 0 Å². The van der Waals surface area contributed by atoms with E-state index < -0.39 is 0 Å². The summed E-state index contributed by atoms with van der Waals surface area (Å²) in [6.45, 7) is 0.658. The van der Waals surface area contributed by atoms with Crippen molar-refractivity contribution in [2.75, 3.05) is 13.7 Å². The van der Waals surface area contributed by atoms with E-state index in [2.05, 4.69) is 16.6 Å². The number of nitrogens with two attached hydrogens (primary N) is 1. The molecule has 86 valence electrons. The number of ether oxygens (including phenoxy) is 1. The molecule has 1 aliphatic heterocycles. The zero-order valence-corrected chi connectivity index (χ0v) is 9.44. The molecule has 1 atom stereocenters. The molecule has 3 N–H and O–H groups in total. The molecule has 0 spiro atoms. The molecule has 1 aromatic carbocycles. The number of benzene rings is 1. The monoisotopic (exact) mass is 219 g/mol. The number of rotatable bonds is 4. The molecule has 0 amide bonds. The van der Waals surface area contributed by atoms with Crippen LogP contribution in [0, 0.1) is 0 Å². The third kappa shape index (κ3) is 2.33. The standard InChI is InChI=1S/C12H17N3O/c1-16-11-4-2-3-9(7-11)12-8-10(5-6-13)14-15-12/h2-4,7,12,15H,5-6,8,13H2,1H3. The van der Waals surface area contributed by atoms with Crippen LogP contribution in [0.25, 0.3) is 0 Å². The van der Waals surface area contributed by atoms with Gasteiger partial charge in [0, 0.05) is 12.1 Å². The highest BCUT2D eigenvalue weighted by Crippen LogP contribution is 2.25. The van der Waals surface area contributed by atoms with Crippen LogP contribution in [0.1, 0.15) is 24.4 Å². The van der Waals surface area contributed by atoms with E-state index in [9.17, 15) is 0 Å². The highest BCUT2D eigenvalue weighted by molar-refractivity contribution is 5.86. The summed E-state index contributed by atoms with van der Waals surface area (Å²) >= 11 is 0. The molecule has 1 aliphatic rings. The number of hydrogen-bond acceptors (Lipinski definition) is 4. The molecular formula is C12H17N3O. The molecule has 1 aromatic rings. The Morgan fingerprint density at radius 1 is 1.56 bits per heavy atom. The van der Waals surface area contributed by atoms with Gasteiger partial charge in [0.05, 0.1) is 13.2 Å². The van der Waals surface area contributed by atoms with Crippen molar-refractivity contribution in [3.8, 4) is 5.75 Å². The van der Waals surface area contributed by atoms with Gasteiger partial charge in [-0.1, -0.05) is 12.1 Å². The second-order valence-corrected chi connectivity index (χ2v) is 3.88. The van der Waals surface area contributed by atoms with Crippen LogP contribution in [-0.4, -0.2) is 19.4 Å². The molecule has 0 aliphatic carbocycles. The van der Waals surface area contributed by atoms with Crippen LogP contribution in [0.15, 0.2) is 29.4 Å². The first-order valence-electron chi connectivity index (χ1n) is 5.48. The van der Waals surface area contributed by atoms with E-state index in [4.69, 9.17) is 10.5 Å². The lowest BCUT2D eigenvalue weighted by molar-refractivity contribution is 0.413. The first-order chi connectivity index (χ1) is 7.83. The molecular weight excluding hydrogens is 202 g/mol. The molecule has 16 heavy (non-hydrogen) atoms. The summed E-state index contributed by atoms with van der Waals surface area (Å²) in [4.78, 5) is 0. The summed E-state index contributed by atoms with van der Waals surface area (Å²) < 4.78 is 5.20. The summed E-state index contributed by atoms with van der Waals surface area (Å²) in [6, 6.07) is 8.33. The van der Waals surface area contributed by atoms with Crippen LogP contribution in [0.3, 0.4) is 0 Å². The summed E-state index contributed by atoms with van der Waals surface area (Å²) in [5.74, 6) is 0.881. The molecule has 0 saturated heterocycles. The van der Waals surface area contributed by atoms with Crippen molar-refractivity contribution in [2.24, 2.45) is 10.8 Å². The van der Waals surface area contributed by atoms with Crippen molar-refractivity contribution >= 4 is 5.71 Å². The zero-order chi connectivity index (χ0) is 11.4. The van der Waals surface area contributed by atoms with Crippen molar-refractivity contribution in [1.29, 1.82) is 0 Å². The van der Waals surface area contributed by atoms with E-state index >= 15 is 0 Å². The Morgan fingerprint density at radius 3 is 3.19 bits per heavy atom. The van der Waals surface area contributed by atoms with Gasteiger partial charge >= 0.3 is 0 Å². The van der Waals surface area contributed by atoms with Crippen LogP contribution in [0.2, 0.25) is 0 Å². The first kappa shape index (κ1) is 11.0.